The molecule has 1 aromatic carbocycles. The minimum atomic E-state index is -0.0439. The summed E-state index contributed by atoms with van der Waals surface area (Å²) in [6.07, 6.45) is 1.87. The van der Waals surface area contributed by atoms with Gasteiger partial charge in [0.1, 0.15) is 0 Å². The molecule has 1 aromatic heterocycles. The molecule has 0 spiro atoms. The van der Waals surface area contributed by atoms with Crippen LogP contribution in [0.2, 0.25) is 0 Å². The highest BCUT2D eigenvalue weighted by Gasteiger charge is 2.07. The number of hydrogen-bond donors (Lipinski definition) is 2. The highest BCUT2D eigenvalue weighted by atomic mass is 16.1. The predicted molar refractivity (Wildman–Crippen MR) is 85.5 cm³/mol. The summed E-state index contributed by atoms with van der Waals surface area (Å²) in [5.74, 6) is -0.0439. The highest BCUT2D eigenvalue weighted by molar-refractivity contribution is 5.95. The molecule has 4 heteroatoms. The smallest absolute Gasteiger partial charge is 0.251 e. The zero-order valence-electron chi connectivity index (χ0n) is 12.7. The predicted octanol–water partition coefficient (Wildman–Crippen LogP) is 3.06. The number of anilines is 1. The van der Waals surface area contributed by atoms with Crippen LogP contribution in [-0.2, 0) is 6.54 Å². The zero-order chi connectivity index (χ0) is 15.2. The summed E-state index contributed by atoms with van der Waals surface area (Å²) in [5, 5.41) is 6.18. The Labute approximate surface area is 125 Å². The number of carbonyl (C=O) groups excluding carboxylic acids is 1. The van der Waals surface area contributed by atoms with Crippen molar-refractivity contribution in [1.29, 1.82) is 0 Å². The number of aromatic nitrogens is 1. The molecule has 2 N–H and O–H groups in total. The lowest BCUT2D eigenvalue weighted by atomic mass is 10.1. The van der Waals surface area contributed by atoms with Crippen LogP contribution in [0.25, 0.3) is 0 Å². The number of carbonyl (C=O) groups is 1. The summed E-state index contributed by atoms with van der Waals surface area (Å²) in [5.41, 5.74) is 4.88. The van der Waals surface area contributed by atoms with E-state index in [2.05, 4.69) is 21.7 Å². The maximum absolute atomic E-state index is 11.9. The van der Waals surface area contributed by atoms with E-state index in [1.165, 1.54) is 0 Å². The molecule has 0 fully saturated rings. The number of rotatable bonds is 5. The van der Waals surface area contributed by atoms with Crippen molar-refractivity contribution >= 4 is 11.6 Å². The highest BCUT2D eigenvalue weighted by Crippen LogP contribution is 2.18. The van der Waals surface area contributed by atoms with Gasteiger partial charge in [-0.25, -0.2) is 0 Å². The molecule has 0 bridgehead atoms. The number of aryl methyl sites for hydroxylation is 2. The van der Waals surface area contributed by atoms with Gasteiger partial charge in [0.05, 0.1) is 0 Å². The Balaban J connectivity index is 2.10. The van der Waals surface area contributed by atoms with E-state index in [9.17, 15) is 4.79 Å². The molecule has 0 atom stereocenters. The van der Waals surface area contributed by atoms with Crippen molar-refractivity contribution in [2.45, 2.75) is 27.3 Å². The van der Waals surface area contributed by atoms with E-state index in [1.807, 2.05) is 51.2 Å². The SMILES string of the molecule is CCNC(=O)c1ccc(C)c(NCc2ccc(C)nc2)c1. The van der Waals surface area contributed by atoms with Crippen molar-refractivity contribution in [2.75, 3.05) is 11.9 Å². The molecule has 0 saturated heterocycles. The molecule has 110 valence electrons. The van der Waals surface area contributed by atoms with Gasteiger partial charge in [-0.2, -0.15) is 0 Å². The molecule has 0 unspecified atom stereocenters. The van der Waals surface area contributed by atoms with Crippen LogP contribution in [0.15, 0.2) is 36.5 Å². The first-order valence-electron chi connectivity index (χ1n) is 7.14. The van der Waals surface area contributed by atoms with Crippen molar-refractivity contribution in [3.8, 4) is 0 Å². The number of benzene rings is 1. The molecule has 0 aliphatic heterocycles. The molecule has 1 amide bonds. The first-order chi connectivity index (χ1) is 10.1. The number of hydrogen-bond acceptors (Lipinski definition) is 3. The minimum Gasteiger partial charge on any atom is -0.381 e. The van der Waals surface area contributed by atoms with Gasteiger partial charge >= 0.3 is 0 Å². The molecule has 0 saturated carbocycles. The minimum absolute atomic E-state index is 0.0439. The fourth-order valence-electron chi connectivity index (χ4n) is 2.02. The van der Waals surface area contributed by atoms with Crippen LogP contribution in [0.1, 0.15) is 34.1 Å². The first-order valence-corrected chi connectivity index (χ1v) is 7.14. The molecular formula is C17H21N3O. The van der Waals surface area contributed by atoms with Crippen LogP contribution in [0, 0.1) is 13.8 Å². The zero-order valence-corrected chi connectivity index (χ0v) is 12.7. The Kier molecular flexibility index (Phi) is 4.93. The van der Waals surface area contributed by atoms with Crippen molar-refractivity contribution in [2.24, 2.45) is 0 Å². The van der Waals surface area contributed by atoms with Crippen LogP contribution in [0.5, 0.6) is 0 Å². The van der Waals surface area contributed by atoms with Crippen molar-refractivity contribution in [3.63, 3.8) is 0 Å². The first kappa shape index (κ1) is 15.0. The molecule has 0 aliphatic rings. The molecular weight excluding hydrogens is 262 g/mol. The third kappa shape index (κ3) is 4.05. The second-order valence-electron chi connectivity index (χ2n) is 5.05. The normalized spacial score (nSPS) is 10.2. The summed E-state index contributed by atoms with van der Waals surface area (Å²) in [6.45, 7) is 7.22. The molecule has 4 nitrogen and oxygen atoms in total. The molecule has 1 heterocycles. The van der Waals surface area contributed by atoms with E-state index in [4.69, 9.17) is 0 Å². The van der Waals surface area contributed by atoms with Gasteiger partial charge < -0.3 is 10.6 Å². The van der Waals surface area contributed by atoms with Crippen LogP contribution < -0.4 is 10.6 Å². The van der Waals surface area contributed by atoms with Crippen molar-refractivity contribution in [3.05, 3.63) is 58.9 Å². The standard InChI is InChI=1S/C17H21N3O/c1-4-18-17(21)15-8-5-12(2)16(9-15)20-11-14-7-6-13(3)19-10-14/h5-10,20H,4,11H2,1-3H3,(H,18,21). The number of amides is 1. The topological polar surface area (TPSA) is 54.0 Å². The summed E-state index contributed by atoms with van der Waals surface area (Å²) >= 11 is 0. The van der Waals surface area contributed by atoms with E-state index < -0.39 is 0 Å². The van der Waals surface area contributed by atoms with E-state index >= 15 is 0 Å². The van der Waals surface area contributed by atoms with E-state index in [0.717, 1.165) is 22.5 Å². The number of nitrogens with zero attached hydrogens (tertiary/aromatic N) is 1. The lowest BCUT2D eigenvalue weighted by Crippen LogP contribution is -2.22. The van der Waals surface area contributed by atoms with Gasteiger partial charge in [-0.15, -0.1) is 0 Å². The maximum atomic E-state index is 11.9. The Morgan fingerprint density at radius 1 is 1.19 bits per heavy atom. The number of nitrogens with one attached hydrogen (secondary N) is 2. The summed E-state index contributed by atoms with van der Waals surface area (Å²) in [6, 6.07) is 9.74. The third-order valence-corrected chi connectivity index (χ3v) is 3.29. The van der Waals surface area contributed by atoms with Gasteiger partial charge in [0.15, 0.2) is 0 Å². The van der Waals surface area contributed by atoms with Crippen LogP contribution in [0.4, 0.5) is 5.69 Å². The summed E-state index contributed by atoms with van der Waals surface area (Å²) < 4.78 is 0. The molecule has 2 aromatic rings. The lowest BCUT2D eigenvalue weighted by molar-refractivity contribution is 0.0956. The van der Waals surface area contributed by atoms with Gasteiger partial charge in [-0.05, 0) is 50.1 Å². The van der Waals surface area contributed by atoms with Crippen molar-refractivity contribution < 1.29 is 4.79 Å². The average molecular weight is 283 g/mol. The van der Waals surface area contributed by atoms with Gasteiger partial charge in [-0.3, -0.25) is 9.78 Å². The fourth-order valence-corrected chi connectivity index (χ4v) is 2.02. The Bertz CT molecular complexity index is 620. The molecule has 21 heavy (non-hydrogen) atoms. The Morgan fingerprint density at radius 3 is 2.67 bits per heavy atom. The van der Waals surface area contributed by atoms with Gasteiger partial charge in [0.2, 0.25) is 0 Å². The van der Waals surface area contributed by atoms with E-state index in [0.29, 0.717) is 18.7 Å². The fraction of sp³-hybridized carbons (Fsp3) is 0.294. The van der Waals surface area contributed by atoms with Gasteiger partial charge in [0, 0.05) is 36.2 Å². The monoisotopic (exact) mass is 283 g/mol. The maximum Gasteiger partial charge on any atom is 0.251 e. The van der Waals surface area contributed by atoms with Gasteiger partial charge in [0.25, 0.3) is 5.91 Å². The lowest BCUT2D eigenvalue weighted by Gasteiger charge is -2.11. The number of pyridine rings is 1. The average Bonchev–Trinajstić information content (AvgIpc) is 2.48. The molecule has 0 radical (unpaired) electrons. The summed E-state index contributed by atoms with van der Waals surface area (Å²) in [4.78, 5) is 16.2. The second-order valence-corrected chi connectivity index (χ2v) is 5.05. The molecule has 0 aliphatic carbocycles. The van der Waals surface area contributed by atoms with Gasteiger partial charge in [-0.1, -0.05) is 12.1 Å². The van der Waals surface area contributed by atoms with E-state index in [-0.39, 0.29) is 5.91 Å². The third-order valence-electron chi connectivity index (χ3n) is 3.29. The van der Waals surface area contributed by atoms with Crippen molar-refractivity contribution in [1.82, 2.24) is 10.3 Å². The second kappa shape index (κ2) is 6.88. The Morgan fingerprint density at radius 2 is 2.00 bits per heavy atom. The largest absolute Gasteiger partial charge is 0.381 e. The quantitative estimate of drug-likeness (QED) is 0.886. The van der Waals surface area contributed by atoms with Crippen LogP contribution >= 0.6 is 0 Å². The summed E-state index contributed by atoms with van der Waals surface area (Å²) in [7, 11) is 0. The molecule has 2 rings (SSSR count). The Hall–Kier alpha value is -2.36. The van der Waals surface area contributed by atoms with Crippen LogP contribution in [-0.4, -0.2) is 17.4 Å². The van der Waals surface area contributed by atoms with Crippen LogP contribution in [0.3, 0.4) is 0 Å². The van der Waals surface area contributed by atoms with E-state index in [1.54, 1.807) is 0 Å².